The Kier molecular flexibility index (Phi) is 4.92. The van der Waals surface area contributed by atoms with Crippen molar-refractivity contribution < 1.29 is 19.4 Å². The maximum absolute atomic E-state index is 12.7. The Balaban J connectivity index is 1.76. The maximum atomic E-state index is 12.7. The Morgan fingerprint density at radius 2 is 2.04 bits per heavy atom. The summed E-state index contributed by atoms with van der Waals surface area (Å²) in [6.07, 6.45) is -0.182. The van der Waals surface area contributed by atoms with Crippen LogP contribution >= 0.6 is 11.6 Å². The van der Waals surface area contributed by atoms with E-state index in [0.29, 0.717) is 30.3 Å². The van der Waals surface area contributed by atoms with Crippen molar-refractivity contribution in [1.82, 2.24) is 4.90 Å². The topological polar surface area (TPSA) is 59.0 Å². The van der Waals surface area contributed by atoms with Gasteiger partial charge in [0.2, 0.25) is 0 Å². The first-order valence-corrected chi connectivity index (χ1v) is 7.99. The molecule has 6 heteroatoms. The molecule has 0 aliphatic carbocycles. The van der Waals surface area contributed by atoms with Gasteiger partial charge in [-0.15, -0.1) is 0 Å². The molecule has 0 saturated carbocycles. The van der Waals surface area contributed by atoms with Crippen molar-refractivity contribution in [3.8, 4) is 11.5 Å². The molecule has 0 aromatic heterocycles. The number of phenolic OH excluding ortho intramolecular Hbond substituents is 1. The second kappa shape index (κ2) is 7.11. The molecule has 2 aromatic rings. The summed E-state index contributed by atoms with van der Waals surface area (Å²) in [6.45, 7) is 1.45. The fraction of sp³-hybridized carbons (Fsp3) is 0.278. The van der Waals surface area contributed by atoms with E-state index in [0.717, 1.165) is 5.56 Å². The third-order valence-corrected chi connectivity index (χ3v) is 4.27. The largest absolute Gasteiger partial charge is 0.504 e. The van der Waals surface area contributed by atoms with Crippen molar-refractivity contribution in [2.45, 2.75) is 6.10 Å². The van der Waals surface area contributed by atoms with Crippen molar-refractivity contribution >= 4 is 17.5 Å². The minimum absolute atomic E-state index is 0.00932. The van der Waals surface area contributed by atoms with E-state index in [1.165, 1.54) is 13.2 Å². The summed E-state index contributed by atoms with van der Waals surface area (Å²) in [5.41, 5.74) is 1.46. The van der Waals surface area contributed by atoms with Gasteiger partial charge in [0.15, 0.2) is 11.5 Å². The minimum Gasteiger partial charge on any atom is -0.504 e. The molecule has 0 spiro atoms. The maximum Gasteiger partial charge on any atom is 0.254 e. The van der Waals surface area contributed by atoms with Crippen LogP contribution in [0.15, 0.2) is 42.5 Å². The van der Waals surface area contributed by atoms with Crippen molar-refractivity contribution in [2.75, 3.05) is 26.8 Å². The molecule has 1 fully saturated rings. The lowest BCUT2D eigenvalue weighted by Gasteiger charge is -2.33. The van der Waals surface area contributed by atoms with Gasteiger partial charge in [-0.3, -0.25) is 4.79 Å². The number of methoxy groups -OCH3 is 1. The number of carbonyl (C=O) groups excluding carboxylic acids is 1. The van der Waals surface area contributed by atoms with E-state index in [1.54, 1.807) is 17.0 Å². The molecule has 1 aliphatic rings. The number of phenols is 1. The molecule has 1 heterocycles. The quantitative estimate of drug-likeness (QED) is 0.925. The van der Waals surface area contributed by atoms with Crippen molar-refractivity contribution in [3.63, 3.8) is 0 Å². The van der Waals surface area contributed by atoms with Crippen LogP contribution in [0.3, 0.4) is 0 Å². The molecule has 1 unspecified atom stereocenters. The fourth-order valence-electron chi connectivity index (χ4n) is 2.71. The third-order valence-electron chi connectivity index (χ3n) is 4.02. The Bertz CT molecular complexity index is 732. The van der Waals surface area contributed by atoms with Crippen LogP contribution in [0.25, 0.3) is 0 Å². The Morgan fingerprint density at radius 3 is 2.75 bits per heavy atom. The number of hydrogen-bond donors (Lipinski definition) is 1. The van der Waals surface area contributed by atoms with Gasteiger partial charge in [-0.2, -0.15) is 0 Å². The molecule has 5 nitrogen and oxygen atoms in total. The van der Waals surface area contributed by atoms with Crippen LogP contribution in [0, 0.1) is 0 Å². The van der Waals surface area contributed by atoms with Crippen molar-refractivity contribution in [2.24, 2.45) is 0 Å². The first-order chi connectivity index (χ1) is 11.6. The summed E-state index contributed by atoms with van der Waals surface area (Å²) in [4.78, 5) is 14.5. The van der Waals surface area contributed by atoms with E-state index >= 15 is 0 Å². The zero-order valence-corrected chi connectivity index (χ0v) is 14.0. The minimum atomic E-state index is -0.182. The lowest BCUT2D eigenvalue weighted by atomic mass is 10.1. The van der Waals surface area contributed by atoms with Crippen molar-refractivity contribution in [3.05, 3.63) is 58.6 Å². The number of aromatic hydroxyl groups is 1. The number of benzene rings is 2. The number of morpholine rings is 1. The average Bonchev–Trinajstić information content (AvgIpc) is 2.62. The van der Waals surface area contributed by atoms with E-state index < -0.39 is 0 Å². The highest BCUT2D eigenvalue weighted by Gasteiger charge is 2.26. The normalized spacial score (nSPS) is 17.6. The zero-order valence-electron chi connectivity index (χ0n) is 13.2. The van der Waals surface area contributed by atoms with E-state index in [-0.39, 0.29) is 23.5 Å². The Morgan fingerprint density at radius 1 is 1.29 bits per heavy atom. The summed E-state index contributed by atoms with van der Waals surface area (Å²) in [5, 5.41) is 10.3. The molecule has 0 radical (unpaired) electrons. The summed E-state index contributed by atoms with van der Waals surface area (Å²) < 4.78 is 10.8. The smallest absolute Gasteiger partial charge is 0.254 e. The molecule has 1 N–H and O–H groups in total. The van der Waals surface area contributed by atoms with Gasteiger partial charge in [0.25, 0.3) is 5.91 Å². The van der Waals surface area contributed by atoms with E-state index in [9.17, 15) is 9.90 Å². The highest BCUT2D eigenvalue weighted by Crippen LogP contribution is 2.28. The number of carbonyl (C=O) groups is 1. The average molecular weight is 348 g/mol. The predicted octanol–water partition coefficient (Wildman–Crippen LogP) is 3.27. The van der Waals surface area contributed by atoms with E-state index in [2.05, 4.69) is 0 Å². The van der Waals surface area contributed by atoms with E-state index in [1.807, 2.05) is 24.3 Å². The molecular weight excluding hydrogens is 330 g/mol. The van der Waals surface area contributed by atoms with Crippen LogP contribution in [-0.2, 0) is 4.74 Å². The summed E-state index contributed by atoms with van der Waals surface area (Å²) in [7, 11) is 1.45. The van der Waals surface area contributed by atoms with Crippen molar-refractivity contribution in [1.29, 1.82) is 0 Å². The summed E-state index contributed by atoms with van der Waals surface area (Å²) >= 11 is 5.91. The third kappa shape index (κ3) is 3.47. The summed E-state index contributed by atoms with van der Waals surface area (Å²) in [5.74, 6) is 0.175. The highest BCUT2D eigenvalue weighted by atomic mass is 35.5. The Hall–Kier alpha value is -2.24. The summed E-state index contributed by atoms with van der Waals surface area (Å²) in [6, 6.07) is 12.0. The number of nitrogens with zero attached hydrogens (tertiary/aromatic N) is 1. The van der Waals surface area contributed by atoms with Crippen LogP contribution in [0.4, 0.5) is 0 Å². The fourth-order valence-corrected chi connectivity index (χ4v) is 2.83. The van der Waals surface area contributed by atoms with Gasteiger partial charge in [0.1, 0.15) is 6.10 Å². The standard InChI is InChI=1S/C18H18ClNO4/c1-23-16-10-13(4-7-15(16)21)18(22)20-8-9-24-17(11-20)12-2-5-14(19)6-3-12/h2-7,10,17,21H,8-9,11H2,1H3. The molecule has 3 rings (SSSR count). The first kappa shape index (κ1) is 16.6. The van der Waals surface area contributed by atoms with Crippen LogP contribution in [-0.4, -0.2) is 42.7 Å². The molecule has 24 heavy (non-hydrogen) atoms. The number of amides is 1. The first-order valence-electron chi connectivity index (χ1n) is 7.62. The molecule has 0 bridgehead atoms. The monoisotopic (exact) mass is 347 g/mol. The second-order valence-corrected chi connectivity index (χ2v) is 5.99. The van der Waals surface area contributed by atoms with Gasteiger partial charge < -0.3 is 19.5 Å². The molecule has 126 valence electrons. The van der Waals surface area contributed by atoms with Crippen LogP contribution in [0.5, 0.6) is 11.5 Å². The molecule has 1 atom stereocenters. The highest BCUT2D eigenvalue weighted by molar-refractivity contribution is 6.30. The van der Waals surface area contributed by atoms with Gasteiger partial charge in [-0.25, -0.2) is 0 Å². The predicted molar refractivity (Wildman–Crippen MR) is 90.7 cm³/mol. The SMILES string of the molecule is COc1cc(C(=O)N2CCOC(c3ccc(Cl)cc3)C2)ccc1O. The lowest BCUT2D eigenvalue weighted by molar-refractivity contribution is -0.0228. The molecule has 1 amide bonds. The molecule has 1 aliphatic heterocycles. The Labute approximate surface area is 145 Å². The van der Waals surface area contributed by atoms with Gasteiger partial charge in [0, 0.05) is 17.1 Å². The zero-order chi connectivity index (χ0) is 17.1. The van der Waals surface area contributed by atoms with Crippen LogP contribution < -0.4 is 4.74 Å². The molecule has 1 saturated heterocycles. The van der Waals surface area contributed by atoms with E-state index in [4.69, 9.17) is 21.1 Å². The van der Waals surface area contributed by atoms with Gasteiger partial charge >= 0.3 is 0 Å². The number of hydrogen-bond acceptors (Lipinski definition) is 4. The van der Waals surface area contributed by atoms with Crippen LogP contribution in [0.2, 0.25) is 5.02 Å². The molecular formula is C18H18ClNO4. The van der Waals surface area contributed by atoms with Crippen LogP contribution in [0.1, 0.15) is 22.0 Å². The number of halogens is 1. The van der Waals surface area contributed by atoms with Gasteiger partial charge in [-0.1, -0.05) is 23.7 Å². The van der Waals surface area contributed by atoms with Gasteiger partial charge in [-0.05, 0) is 35.9 Å². The van der Waals surface area contributed by atoms with Gasteiger partial charge in [0.05, 0.1) is 20.3 Å². The second-order valence-electron chi connectivity index (χ2n) is 5.55. The molecule has 2 aromatic carbocycles. The number of rotatable bonds is 3. The number of ether oxygens (including phenoxy) is 2. The lowest BCUT2D eigenvalue weighted by Crippen LogP contribution is -2.42.